The molecular formula is C12H12F3NO2. The van der Waals surface area contributed by atoms with Crippen LogP contribution in [0.25, 0.3) is 0 Å². The molecule has 0 aromatic heterocycles. The number of carbonyl (C=O) groups excluding carboxylic acids is 2. The maximum absolute atomic E-state index is 12.1. The molecular weight excluding hydrogens is 247 g/mol. The maximum atomic E-state index is 12.1. The van der Waals surface area contributed by atoms with E-state index >= 15 is 0 Å². The Hall–Kier alpha value is -1.85. The van der Waals surface area contributed by atoms with Crippen molar-refractivity contribution in [3.63, 3.8) is 0 Å². The van der Waals surface area contributed by atoms with Gasteiger partial charge in [-0.15, -0.1) is 0 Å². The molecule has 6 heteroatoms. The van der Waals surface area contributed by atoms with Gasteiger partial charge in [0.1, 0.15) is 0 Å². The number of nitrogens with one attached hydrogen (secondary N) is 1. The molecule has 0 fully saturated rings. The number of benzene rings is 1. The Labute approximate surface area is 102 Å². The van der Waals surface area contributed by atoms with Gasteiger partial charge in [0.25, 0.3) is 0 Å². The van der Waals surface area contributed by atoms with Crippen molar-refractivity contribution in [2.24, 2.45) is 0 Å². The van der Waals surface area contributed by atoms with Crippen LogP contribution in [0.15, 0.2) is 30.3 Å². The predicted molar refractivity (Wildman–Crippen MR) is 59.0 cm³/mol. The Bertz CT molecular complexity index is 452. The van der Waals surface area contributed by atoms with E-state index in [2.05, 4.69) is 0 Å². The molecule has 0 heterocycles. The molecule has 98 valence electrons. The fourth-order valence-corrected chi connectivity index (χ4v) is 1.36. The molecule has 0 saturated heterocycles. The van der Waals surface area contributed by atoms with Crippen LogP contribution < -0.4 is 5.32 Å². The summed E-state index contributed by atoms with van der Waals surface area (Å²) < 4.78 is 36.4. The molecule has 0 spiro atoms. The zero-order valence-electron chi connectivity index (χ0n) is 9.84. The lowest BCUT2D eigenvalue weighted by molar-refractivity contribution is -0.174. The molecule has 1 N–H and O–H groups in total. The highest BCUT2D eigenvalue weighted by atomic mass is 19.4. The van der Waals surface area contributed by atoms with E-state index < -0.39 is 23.4 Å². The topological polar surface area (TPSA) is 46.2 Å². The molecule has 1 rings (SSSR count). The van der Waals surface area contributed by atoms with E-state index in [1.807, 2.05) is 0 Å². The van der Waals surface area contributed by atoms with Crippen LogP contribution in [0.5, 0.6) is 0 Å². The normalized spacial score (nSPS) is 12.1. The van der Waals surface area contributed by atoms with E-state index in [1.54, 1.807) is 23.5 Å². The summed E-state index contributed by atoms with van der Waals surface area (Å²) in [5.74, 6) is -2.71. The van der Waals surface area contributed by atoms with Crippen molar-refractivity contribution < 1.29 is 22.8 Å². The van der Waals surface area contributed by atoms with Gasteiger partial charge < -0.3 is 5.32 Å². The average Bonchev–Trinajstić information content (AvgIpc) is 2.27. The van der Waals surface area contributed by atoms with Crippen molar-refractivity contribution >= 4 is 11.7 Å². The van der Waals surface area contributed by atoms with E-state index in [4.69, 9.17) is 0 Å². The van der Waals surface area contributed by atoms with E-state index in [9.17, 15) is 22.8 Å². The first-order valence-electron chi connectivity index (χ1n) is 5.14. The van der Waals surface area contributed by atoms with Gasteiger partial charge in [-0.2, -0.15) is 13.2 Å². The van der Waals surface area contributed by atoms with Crippen LogP contribution in [0.4, 0.5) is 13.2 Å². The third kappa shape index (κ3) is 3.32. The maximum Gasteiger partial charge on any atom is 0.471 e. The highest BCUT2D eigenvalue weighted by Gasteiger charge is 2.43. The molecule has 0 aliphatic carbocycles. The summed E-state index contributed by atoms with van der Waals surface area (Å²) in [5, 5.41) is 1.68. The molecule has 1 aromatic carbocycles. The first-order valence-corrected chi connectivity index (χ1v) is 5.14. The Morgan fingerprint density at radius 1 is 1.06 bits per heavy atom. The van der Waals surface area contributed by atoms with Gasteiger partial charge >= 0.3 is 12.1 Å². The second-order valence-electron chi connectivity index (χ2n) is 4.27. The molecule has 0 atom stereocenters. The summed E-state index contributed by atoms with van der Waals surface area (Å²) >= 11 is 0. The minimum Gasteiger partial charge on any atom is -0.336 e. The summed E-state index contributed by atoms with van der Waals surface area (Å²) in [7, 11) is 0. The molecule has 1 aromatic rings. The van der Waals surface area contributed by atoms with Crippen LogP contribution in [0, 0.1) is 0 Å². The van der Waals surface area contributed by atoms with Crippen molar-refractivity contribution in [1.29, 1.82) is 0 Å². The van der Waals surface area contributed by atoms with Crippen molar-refractivity contribution in [3.8, 4) is 0 Å². The van der Waals surface area contributed by atoms with E-state index in [0.29, 0.717) is 0 Å². The molecule has 1 amide bonds. The summed E-state index contributed by atoms with van der Waals surface area (Å²) in [6.07, 6.45) is -5.01. The molecule has 0 radical (unpaired) electrons. The standard InChI is InChI=1S/C12H12F3NO2/c1-11(2,16-10(18)12(13,14)15)9(17)8-6-4-3-5-7-8/h3-7H,1-2H3,(H,16,18). The predicted octanol–water partition coefficient (Wildman–Crippen LogP) is 2.33. The Morgan fingerprint density at radius 3 is 2.00 bits per heavy atom. The number of rotatable bonds is 3. The third-order valence-corrected chi connectivity index (χ3v) is 2.29. The van der Waals surface area contributed by atoms with Gasteiger partial charge in [0.2, 0.25) is 0 Å². The highest BCUT2D eigenvalue weighted by molar-refractivity contribution is 6.04. The van der Waals surface area contributed by atoms with Gasteiger partial charge in [-0.3, -0.25) is 9.59 Å². The zero-order chi connectivity index (χ0) is 14.0. The second kappa shape index (κ2) is 4.80. The van der Waals surface area contributed by atoms with Crippen molar-refractivity contribution in [1.82, 2.24) is 5.32 Å². The summed E-state index contributed by atoms with van der Waals surface area (Å²) in [4.78, 5) is 22.8. The molecule has 0 saturated carbocycles. The first kappa shape index (κ1) is 14.2. The van der Waals surface area contributed by atoms with Gasteiger partial charge in [0.05, 0.1) is 5.54 Å². The quantitative estimate of drug-likeness (QED) is 0.847. The second-order valence-corrected chi connectivity index (χ2v) is 4.27. The van der Waals surface area contributed by atoms with Crippen molar-refractivity contribution in [2.75, 3.05) is 0 Å². The lowest BCUT2D eigenvalue weighted by Crippen LogP contribution is -2.53. The van der Waals surface area contributed by atoms with Gasteiger partial charge in [-0.1, -0.05) is 30.3 Å². The smallest absolute Gasteiger partial charge is 0.336 e. The van der Waals surface area contributed by atoms with Gasteiger partial charge in [0.15, 0.2) is 5.78 Å². The minimum atomic E-state index is -5.01. The fraction of sp³-hybridized carbons (Fsp3) is 0.333. The van der Waals surface area contributed by atoms with Crippen LogP contribution in [-0.4, -0.2) is 23.4 Å². The van der Waals surface area contributed by atoms with E-state index in [-0.39, 0.29) is 5.56 Å². The Morgan fingerprint density at radius 2 is 1.56 bits per heavy atom. The van der Waals surface area contributed by atoms with Crippen molar-refractivity contribution in [2.45, 2.75) is 25.6 Å². The van der Waals surface area contributed by atoms with Gasteiger partial charge in [-0.05, 0) is 13.8 Å². The molecule has 0 bridgehead atoms. The van der Waals surface area contributed by atoms with Gasteiger partial charge in [-0.25, -0.2) is 0 Å². The number of carbonyl (C=O) groups is 2. The fourth-order valence-electron chi connectivity index (χ4n) is 1.36. The van der Waals surface area contributed by atoms with Crippen LogP contribution in [0.2, 0.25) is 0 Å². The number of ketones is 1. The van der Waals surface area contributed by atoms with Crippen LogP contribution in [0.3, 0.4) is 0 Å². The lowest BCUT2D eigenvalue weighted by atomic mass is 9.93. The molecule has 0 unspecified atom stereocenters. The Kier molecular flexibility index (Phi) is 3.79. The molecule has 18 heavy (non-hydrogen) atoms. The number of alkyl halides is 3. The summed E-state index contributed by atoms with van der Waals surface area (Å²) in [6.45, 7) is 2.46. The molecule has 0 aliphatic rings. The number of amides is 1. The SMILES string of the molecule is CC(C)(NC(=O)C(F)(F)F)C(=O)c1ccccc1. The van der Waals surface area contributed by atoms with Gasteiger partial charge in [0, 0.05) is 5.56 Å². The summed E-state index contributed by atoms with van der Waals surface area (Å²) in [6, 6.07) is 7.81. The Balaban J connectivity index is 2.88. The number of halogens is 3. The van der Waals surface area contributed by atoms with E-state index in [1.165, 1.54) is 26.0 Å². The van der Waals surface area contributed by atoms with Crippen LogP contribution in [-0.2, 0) is 4.79 Å². The van der Waals surface area contributed by atoms with Crippen molar-refractivity contribution in [3.05, 3.63) is 35.9 Å². The average molecular weight is 259 g/mol. The van der Waals surface area contributed by atoms with E-state index in [0.717, 1.165) is 0 Å². The van der Waals surface area contributed by atoms with Crippen LogP contribution >= 0.6 is 0 Å². The molecule has 3 nitrogen and oxygen atoms in total. The lowest BCUT2D eigenvalue weighted by Gasteiger charge is -2.25. The summed E-state index contributed by atoms with van der Waals surface area (Å²) in [5.41, 5.74) is -1.38. The third-order valence-electron chi connectivity index (χ3n) is 2.29. The number of hydrogen-bond acceptors (Lipinski definition) is 2. The number of hydrogen-bond donors (Lipinski definition) is 1. The minimum absolute atomic E-state index is 0.241. The number of Topliss-reactive ketones (excluding diaryl/α,β-unsaturated/α-hetero) is 1. The first-order chi connectivity index (χ1) is 8.14. The molecule has 0 aliphatic heterocycles. The largest absolute Gasteiger partial charge is 0.471 e. The highest BCUT2D eigenvalue weighted by Crippen LogP contribution is 2.18. The monoisotopic (exact) mass is 259 g/mol. The van der Waals surface area contributed by atoms with Crippen LogP contribution in [0.1, 0.15) is 24.2 Å². The zero-order valence-corrected chi connectivity index (χ0v) is 9.84.